The predicted octanol–water partition coefficient (Wildman–Crippen LogP) is 4.03. The molecule has 33 heavy (non-hydrogen) atoms. The van der Waals surface area contributed by atoms with Gasteiger partial charge in [0, 0.05) is 6.07 Å². The van der Waals surface area contributed by atoms with E-state index in [1.165, 1.54) is 12.4 Å². The lowest BCUT2D eigenvalue weighted by Crippen LogP contribution is -2.47. The molecule has 10 nitrogen and oxygen atoms in total. The Morgan fingerprint density at radius 3 is 2.36 bits per heavy atom. The molecule has 0 saturated carbocycles. The molecule has 3 N–H and O–H groups in total. The Balaban J connectivity index is 1.95. The maximum atomic E-state index is 13.5. The van der Waals surface area contributed by atoms with Gasteiger partial charge in [-0.25, -0.2) is 14.8 Å². The minimum Gasteiger partial charge on any atom is -0.444 e. The third-order valence-corrected chi connectivity index (χ3v) is 5.27. The number of hydrogen-bond acceptors (Lipinski definition) is 7. The average Bonchev–Trinajstić information content (AvgIpc) is 2.97. The normalized spacial score (nSPS) is 14.4. The molecule has 1 aliphatic rings. The Hall–Kier alpha value is -3.43. The molecule has 0 saturated heterocycles. The zero-order valence-electron chi connectivity index (χ0n) is 20.0. The summed E-state index contributed by atoms with van der Waals surface area (Å²) in [5.74, 6) is 0.314. The van der Waals surface area contributed by atoms with E-state index >= 15 is 0 Å². The van der Waals surface area contributed by atoms with Crippen LogP contribution in [0.15, 0.2) is 23.3 Å². The number of nitrogens with one attached hydrogen (secondary N) is 3. The van der Waals surface area contributed by atoms with E-state index in [0.29, 0.717) is 29.9 Å². The second kappa shape index (κ2) is 9.21. The van der Waals surface area contributed by atoms with Gasteiger partial charge >= 0.3 is 6.09 Å². The van der Waals surface area contributed by atoms with Gasteiger partial charge in [-0.05, 0) is 52.2 Å². The molecule has 2 amide bonds. The third-order valence-electron chi connectivity index (χ3n) is 5.27. The van der Waals surface area contributed by atoms with Crippen molar-refractivity contribution in [2.24, 2.45) is 0 Å². The van der Waals surface area contributed by atoms with E-state index in [0.717, 1.165) is 12.8 Å². The van der Waals surface area contributed by atoms with Gasteiger partial charge in [0.05, 0.1) is 0 Å². The van der Waals surface area contributed by atoms with Crippen molar-refractivity contribution in [3.05, 3.63) is 40.1 Å². The van der Waals surface area contributed by atoms with E-state index in [1.807, 2.05) is 13.8 Å². The number of rotatable bonds is 7. The molecule has 0 unspecified atom stereocenters. The summed E-state index contributed by atoms with van der Waals surface area (Å²) in [6.07, 6.45) is 3.56. The van der Waals surface area contributed by atoms with Gasteiger partial charge in [-0.3, -0.25) is 19.5 Å². The Bertz CT molecular complexity index is 1110. The van der Waals surface area contributed by atoms with Crippen molar-refractivity contribution in [3.8, 4) is 0 Å². The lowest BCUT2D eigenvalue weighted by molar-refractivity contribution is 0.0635. The number of hydrogen-bond donors (Lipinski definition) is 3. The van der Waals surface area contributed by atoms with E-state index in [-0.39, 0.29) is 23.0 Å². The maximum Gasteiger partial charge on any atom is 0.413 e. The number of anilines is 3. The summed E-state index contributed by atoms with van der Waals surface area (Å²) in [6.45, 7) is 11.2. The second-order valence-corrected chi connectivity index (χ2v) is 9.26. The Labute approximate surface area is 193 Å². The molecule has 10 heteroatoms. The summed E-state index contributed by atoms with van der Waals surface area (Å²) in [5.41, 5.74) is -0.344. The monoisotopic (exact) mass is 456 g/mol. The zero-order chi connectivity index (χ0) is 24.4. The molecule has 2 aromatic rings. The summed E-state index contributed by atoms with van der Waals surface area (Å²) in [7, 11) is 0. The first kappa shape index (κ1) is 24.2. The van der Waals surface area contributed by atoms with Crippen molar-refractivity contribution in [3.63, 3.8) is 0 Å². The molecule has 2 aromatic heterocycles. The highest BCUT2D eigenvalue weighted by Gasteiger charge is 2.43. The zero-order valence-corrected chi connectivity index (χ0v) is 20.0. The molecule has 3 heterocycles. The Morgan fingerprint density at radius 1 is 1.12 bits per heavy atom. The minimum atomic E-state index is -0.745. The van der Waals surface area contributed by atoms with E-state index in [2.05, 4.69) is 25.9 Å². The van der Waals surface area contributed by atoms with E-state index in [1.54, 1.807) is 38.3 Å². The number of amides is 2. The van der Waals surface area contributed by atoms with Crippen LogP contribution in [-0.4, -0.2) is 32.1 Å². The summed E-state index contributed by atoms with van der Waals surface area (Å²) in [5, 5.41) is 8.65. The standard InChI is InChI=1S/C23H32N6O4/c1-7-9-23(10-8-2)28-19(30)18-14(3)11-15(20(31)29(18)23)26-16-12-17(25-13-24-16)27-21(32)33-22(4,5)6/h11-13H,7-10H2,1-6H3,(H,28,30)(H2,24,25,26,27,32). The van der Waals surface area contributed by atoms with Crippen molar-refractivity contribution in [2.45, 2.75) is 78.5 Å². The fourth-order valence-corrected chi connectivity index (χ4v) is 4.19. The summed E-state index contributed by atoms with van der Waals surface area (Å²) >= 11 is 0. The van der Waals surface area contributed by atoms with Crippen LogP contribution in [-0.2, 0) is 10.4 Å². The fourth-order valence-electron chi connectivity index (χ4n) is 4.19. The molecular weight excluding hydrogens is 424 g/mol. The third kappa shape index (κ3) is 5.15. The van der Waals surface area contributed by atoms with Crippen LogP contribution in [0.4, 0.5) is 22.1 Å². The van der Waals surface area contributed by atoms with Crippen LogP contribution in [0.3, 0.4) is 0 Å². The maximum absolute atomic E-state index is 13.5. The van der Waals surface area contributed by atoms with Crippen LogP contribution in [0.1, 0.15) is 76.4 Å². The molecule has 0 radical (unpaired) electrons. The van der Waals surface area contributed by atoms with Gasteiger partial charge in [0.25, 0.3) is 11.5 Å². The molecule has 0 bridgehead atoms. The number of fused-ring (bicyclic) bond motifs is 1. The van der Waals surface area contributed by atoms with E-state index in [4.69, 9.17) is 4.74 Å². The van der Waals surface area contributed by atoms with Gasteiger partial charge in [-0.1, -0.05) is 26.7 Å². The summed E-state index contributed by atoms with van der Waals surface area (Å²) < 4.78 is 6.84. The molecule has 1 aliphatic heterocycles. The predicted molar refractivity (Wildman–Crippen MR) is 126 cm³/mol. The average molecular weight is 457 g/mol. The van der Waals surface area contributed by atoms with Crippen molar-refractivity contribution < 1.29 is 14.3 Å². The van der Waals surface area contributed by atoms with Crippen LogP contribution in [0.25, 0.3) is 0 Å². The smallest absolute Gasteiger partial charge is 0.413 e. The molecule has 0 fully saturated rings. The van der Waals surface area contributed by atoms with Gasteiger partial charge in [-0.2, -0.15) is 0 Å². The number of ether oxygens (including phenoxy) is 1. The summed E-state index contributed by atoms with van der Waals surface area (Å²) in [4.78, 5) is 46.5. The number of carbonyl (C=O) groups excluding carboxylic acids is 2. The Kier molecular flexibility index (Phi) is 6.76. The molecule has 0 aromatic carbocycles. The van der Waals surface area contributed by atoms with Gasteiger partial charge in [0.1, 0.15) is 40.6 Å². The first-order chi connectivity index (χ1) is 15.5. The van der Waals surface area contributed by atoms with Crippen molar-refractivity contribution in [1.82, 2.24) is 19.9 Å². The molecule has 0 spiro atoms. The van der Waals surface area contributed by atoms with Crippen LogP contribution >= 0.6 is 0 Å². The van der Waals surface area contributed by atoms with Gasteiger partial charge < -0.3 is 15.4 Å². The largest absolute Gasteiger partial charge is 0.444 e. The number of nitrogens with zero attached hydrogens (tertiary/aromatic N) is 3. The van der Waals surface area contributed by atoms with Crippen LogP contribution in [0, 0.1) is 6.92 Å². The number of aryl methyl sites for hydroxylation is 1. The lowest BCUT2D eigenvalue weighted by atomic mass is 9.98. The number of carbonyl (C=O) groups is 2. The lowest BCUT2D eigenvalue weighted by Gasteiger charge is -2.31. The highest BCUT2D eigenvalue weighted by molar-refractivity contribution is 5.97. The van der Waals surface area contributed by atoms with Crippen LogP contribution in [0.2, 0.25) is 0 Å². The number of pyridine rings is 1. The second-order valence-electron chi connectivity index (χ2n) is 9.26. The molecule has 178 valence electrons. The number of aromatic nitrogens is 3. The molecule has 0 atom stereocenters. The highest BCUT2D eigenvalue weighted by Crippen LogP contribution is 2.33. The van der Waals surface area contributed by atoms with Crippen LogP contribution in [0.5, 0.6) is 0 Å². The fraction of sp³-hybridized carbons (Fsp3) is 0.522. The molecule has 3 rings (SSSR count). The van der Waals surface area contributed by atoms with Gasteiger partial charge in [0.2, 0.25) is 0 Å². The first-order valence-corrected chi connectivity index (χ1v) is 11.2. The Morgan fingerprint density at radius 2 is 1.76 bits per heavy atom. The van der Waals surface area contributed by atoms with Gasteiger partial charge in [-0.15, -0.1) is 0 Å². The highest BCUT2D eigenvalue weighted by atomic mass is 16.6. The molecule has 0 aliphatic carbocycles. The van der Waals surface area contributed by atoms with Crippen LogP contribution < -0.4 is 21.5 Å². The minimum absolute atomic E-state index is 0.225. The van der Waals surface area contributed by atoms with Gasteiger partial charge in [0.15, 0.2) is 0 Å². The first-order valence-electron chi connectivity index (χ1n) is 11.2. The van der Waals surface area contributed by atoms with Crippen molar-refractivity contribution >= 4 is 29.3 Å². The van der Waals surface area contributed by atoms with E-state index < -0.39 is 17.4 Å². The SMILES string of the molecule is CCCC1(CCC)NC(=O)c2c(C)cc(Nc3cc(NC(=O)OC(C)(C)C)ncn3)c(=O)n21. The van der Waals surface area contributed by atoms with E-state index in [9.17, 15) is 14.4 Å². The van der Waals surface area contributed by atoms with Crippen molar-refractivity contribution in [2.75, 3.05) is 10.6 Å². The molecular formula is C23H32N6O4. The topological polar surface area (TPSA) is 127 Å². The van der Waals surface area contributed by atoms with Crippen molar-refractivity contribution in [1.29, 1.82) is 0 Å². The summed E-state index contributed by atoms with van der Waals surface area (Å²) in [6, 6.07) is 3.15. The quantitative estimate of drug-likeness (QED) is 0.574.